The van der Waals surface area contributed by atoms with Crippen LogP contribution in [0.3, 0.4) is 0 Å². The Bertz CT molecular complexity index is 692. The zero-order valence-corrected chi connectivity index (χ0v) is 14.1. The Labute approximate surface area is 137 Å². The van der Waals surface area contributed by atoms with Gasteiger partial charge in [-0.1, -0.05) is 12.2 Å². The summed E-state index contributed by atoms with van der Waals surface area (Å²) in [4.78, 5) is 5.48. The van der Waals surface area contributed by atoms with E-state index in [4.69, 9.17) is 0 Å². The van der Waals surface area contributed by atoms with Crippen molar-refractivity contribution >= 4 is 34.0 Å². The van der Waals surface area contributed by atoms with Crippen LogP contribution in [0.25, 0.3) is 19.5 Å². The minimum absolute atomic E-state index is 0.937. The SMILES string of the molecule is C=CCc1ccsc1-c1ccc(-c2sccc2CC=C)s1. The number of hydrogen-bond acceptors (Lipinski definition) is 3. The fraction of sp³-hybridized carbons (Fsp3) is 0.111. The van der Waals surface area contributed by atoms with E-state index in [9.17, 15) is 0 Å². The van der Waals surface area contributed by atoms with Crippen molar-refractivity contribution in [1.82, 2.24) is 0 Å². The van der Waals surface area contributed by atoms with Crippen LogP contribution in [0.2, 0.25) is 0 Å². The Morgan fingerprint density at radius 3 is 1.67 bits per heavy atom. The fourth-order valence-corrected chi connectivity index (χ4v) is 5.52. The van der Waals surface area contributed by atoms with Gasteiger partial charge in [0, 0.05) is 19.5 Å². The summed E-state index contributed by atoms with van der Waals surface area (Å²) in [7, 11) is 0. The zero-order chi connectivity index (χ0) is 14.7. The molecule has 0 bridgehead atoms. The molecule has 3 aromatic rings. The topological polar surface area (TPSA) is 0 Å². The minimum atomic E-state index is 0.937. The highest BCUT2D eigenvalue weighted by atomic mass is 32.1. The molecule has 0 N–H and O–H groups in total. The Morgan fingerprint density at radius 1 is 0.762 bits per heavy atom. The van der Waals surface area contributed by atoms with Crippen LogP contribution in [0.15, 0.2) is 60.3 Å². The van der Waals surface area contributed by atoms with Gasteiger partial charge in [-0.15, -0.1) is 47.2 Å². The van der Waals surface area contributed by atoms with E-state index in [1.54, 1.807) is 0 Å². The van der Waals surface area contributed by atoms with Gasteiger partial charge in [-0.2, -0.15) is 0 Å². The summed E-state index contributed by atoms with van der Waals surface area (Å²) >= 11 is 5.52. The van der Waals surface area contributed by atoms with E-state index in [0.717, 1.165) is 12.8 Å². The highest BCUT2D eigenvalue weighted by molar-refractivity contribution is 7.25. The predicted molar refractivity (Wildman–Crippen MR) is 98.7 cm³/mol. The Kier molecular flexibility index (Phi) is 4.54. The molecule has 3 aromatic heterocycles. The van der Waals surface area contributed by atoms with E-state index in [0.29, 0.717) is 0 Å². The molecule has 0 aromatic carbocycles. The first kappa shape index (κ1) is 14.5. The molecule has 0 unspecified atom stereocenters. The Morgan fingerprint density at radius 2 is 1.24 bits per heavy atom. The highest BCUT2D eigenvalue weighted by Crippen LogP contribution is 2.41. The first-order valence-corrected chi connectivity index (χ1v) is 9.36. The highest BCUT2D eigenvalue weighted by Gasteiger charge is 2.12. The van der Waals surface area contributed by atoms with Crippen LogP contribution < -0.4 is 0 Å². The summed E-state index contributed by atoms with van der Waals surface area (Å²) in [6, 6.07) is 8.90. The third-order valence-electron chi connectivity index (χ3n) is 3.28. The third kappa shape index (κ3) is 2.95. The second-order valence-corrected chi connectivity index (χ2v) is 7.62. The molecule has 0 aliphatic heterocycles. The van der Waals surface area contributed by atoms with Gasteiger partial charge in [0.1, 0.15) is 0 Å². The molecule has 21 heavy (non-hydrogen) atoms. The summed E-state index contributed by atoms with van der Waals surface area (Å²) in [6.07, 6.45) is 5.82. The smallest absolute Gasteiger partial charge is 0.0477 e. The monoisotopic (exact) mass is 328 g/mol. The van der Waals surface area contributed by atoms with Crippen LogP contribution in [-0.2, 0) is 12.8 Å². The van der Waals surface area contributed by atoms with E-state index in [2.05, 4.69) is 48.2 Å². The van der Waals surface area contributed by atoms with Gasteiger partial charge in [0.25, 0.3) is 0 Å². The molecule has 0 spiro atoms. The minimum Gasteiger partial charge on any atom is -0.143 e. The molecule has 0 nitrogen and oxygen atoms in total. The standard InChI is InChI=1S/C18H16S3/c1-3-5-13-9-11-19-17(13)15-7-8-16(21-15)18-14(6-4-2)10-12-20-18/h3-4,7-12H,1-2,5-6H2. The molecule has 0 radical (unpaired) electrons. The number of allylic oxidation sites excluding steroid dienone is 2. The third-order valence-corrected chi connectivity index (χ3v) is 6.63. The van der Waals surface area contributed by atoms with Gasteiger partial charge in [-0.25, -0.2) is 0 Å². The first-order chi connectivity index (χ1) is 10.3. The Balaban J connectivity index is 1.96. The molecule has 0 saturated heterocycles. The van der Waals surface area contributed by atoms with Gasteiger partial charge in [-0.05, 0) is 59.0 Å². The van der Waals surface area contributed by atoms with Crippen LogP contribution in [-0.4, -0.2) is 0 Å². The van der Waals surface area contributed by atoms with E-state index in [1.807, 2.05) is 46.2 Å². The van der Waals surface area contributed by atoms with Crippen molar-refractivity contribution in [3.8, 4) is 19.5 Å². The lowest BCUT2D eigenvalue weighted by Crippen LogP contribution is -1.78. The van der Waals surface area contributed by atoms with Crippen LogP contribution >= 0.6 is 34.0 Å². The molecule has 0 saturated carbocycles. The molecule has 0 aliphatic carbocycles. The van der Waals surface area contributed by atoms with E-state index in [-0.39, 0.29) is 0 Å². The number of thiophene rings is 3. The molecular weight excluding hydrogens is 312 g/mol. The predicted octanol–water partition coefficient (Wildman–Crippen LogP) is 6.66. The van der Waals surface area contributed by atoms with Gasteiger partial charge < -0.3 is 0 Å². The number of hydrogen-bond donors (Lipinski definition) is 0. The molecule has 3 rings (SSSR count). The van der Waals surface area contributed by atoms with Gasteiger partial charge in [-0.3, -0.25) is 0 Å². The summed E-state index contributed by atoms with van der Waals surface area (Å²) in [5.41, 5.74) is 2.75. The molecule has 3 heterocycles. The summed E-state index contributed by atoms with van der Waals surface area (Å²) in [6.45, 7) is 7.70. The largest absolute Gasteiger partial charge is 0.143 e. The summed E-state index contributed by atoms with van der Waals surface area (Å²) < 4.78 is 0. The van der Waals surface area contributed by atoms with Crippen molar-refractivity contribution < 1.29 is 0 Å². The molecule has 3 heteroatoms. The van der Waals surface area contributed by atoms with Gasteiger partial charge in [0.05, 0.1) is 0 Å². The second kappa shape index (κ2) is 6.56. The number of rotatable bonds is 6. The first-order valence-electron chi connectivity index (χ1n) is 6.78. The van der Waals surface area contributed by atoms with Crippen LogP contribution in [0.4, 0.5) is 0 Å². The average Bonchev–Trinajstić information content (AvgIpc) is 3.17. The maximum atomic E-state index is 3.85. The van der Waals surface area contributed by atoms with Crippen molar-refractivity contribution in [3.05, 3.63) is 71.5 Å². The van der Waals surface area contributed by atoms with E-state index in [1.165, 1.54) is 30.6 Å². The Hall–Kier alpha value is -1.42. The van der Waals surface area contributed by atoms with Gasteiger partial charge >= 0.3 is 0 Å². The van der Waals surface area contributed by atoms with Crippen molar-refractivity contribution in [3.63, 3.8) is 0 Å². The summed E-state index contributed by atoms with van der Waals surface area (Å²) in [5.74, 6) is 0. The van der Waals surface area contributed by atoms with Crippen molar-refractivity contribution in [2.45, 2.75) is 12.8 Å². The molecule has 0 fully saturated rings. The van der Waals surface area contributed by atoms with Crippen molar-refractivity contribution in [2.75, 3.05) is 0 Å². The lowest BCUT2D eigenvalue weighted by atomic mass is 10.1. The second-order valence-electron chi connectivity index (χ2n) is 4.70. The maximum Gasteiger partial charge on any atom is 0.0477 e. The van der Waals surface area contributed by atoms with Gasteiger partial charge in [0.2, 0.25) is 0 Å². The summed E-state index contributed by atoms with van der Waals surface area (Å²) in [5, 5.41) is 4.34. The van der Waals surface area contributed by atoms with Gasteiger partial charge in [0.15, 0.2) is 0 Å². The molecular formula is C18H16S3. The van der Waals surface area contributed by atoms with Crippen LogP contribution in [0.5, 0.6) is 0 Å². The average molecular weight is 329 g/mol. The lowest BCUT2D eigenvalue weighted by Gasteiger charge is -1.99. The molecule has 106 valence electrons. The van der Waals surface area contributed by atoms with E-state index >= 15 is 0 Å². The molecule has 0 aliphatic rings. The van der Waals surface area contributed by atoms with Crippen molar-refractivity contribution in [2.24, 2.45) is 0 Å². The lowest BCUT2D eigenvalue weighted by molar-refractivity contribution is 1.31. The van der Waals surface area contributed by atoms with Crippen LogP contribution in [0.1, 0.15) is 11.1 Å². The molecule has 0 amide bonds. The normalized spacial score (nSPS) is 10.7. The quantitative estimate of drug-likeness (QED) is 0.444. The molecule has 0 atom stereocenters. The van der Waals surface area contributed by atoms with Crippen molar-refractivity contribution in [1.29, 1.82) is 0 Å². The fourth-order valence-electron chi connectivity index (χ4n) is 2.32. The maximum absolute atomic E-state index is 3.85. The van der Waals surface area contributed by atoms with E-state index < -0.39 is 0 Å². The van der Waals surface area contributed by atoms with Crippen LogP contribution in [0, 0.1) is 0 Å². The zero-order valence-electron chi connectivity index (χ0n) is 11.7.